The Hall–Kier alpha value is -1.95. The fourth-order valence-electron chi connectivity index (χ4n) is 4.76. The molecule has 1 saturated carbocycles. The van der Waals surface area contributed by atoms with Gasteiger partial charge in [-0.2, -0.15) is 11.3 Å². The summed E-state index contributed by atoms with van der Waals surface area (Å²) in [5.41, 5.74) is 4.00. The highest BCUT2D eigenvalue weighted by molar-refractivity contribution is 7.08. The maximum absolute atomic E-state index is 4.54. The number of aromatic nitrogens is 1. The number of thiophene rings is 1. The molecule has 0 amide bonds. The zero-order chi connectivity index (χ0) is 18.1. The van der Waals surface area contributed by atoms with E-state index in [9.17, 15) is 0 Å². The Morgan fingerprint density at radius 2 is 1.89 bits per heavy atom. The first kappa shape index (κ1) is 17.2. The molecule has 140 valence electrons. The van der Waals surface area contributed by atoms with Gasteiger partial charge in [0.05, 0.1) is 11.2 Å². The van der Waals surface area contributed by atoms with Gasteiger partial charge in [0, 0.05) is 48.3 Å². The summed E-state index contributed by atoms with van der Waals surface area (Å²) in [7, 11) is 0. The number of nitrogens with zero attached hydrogens (tertiary/aromatic N) is 2. The van der Waals surface area contributed by atoms with E-state index in [1.807, 2.05) is 6.20 Å². The van der Waals surface area contributed by atoms with E-state index in [1.54, 1.807) is 11.3 Å². The predicted molar refractivity (Wildman–Crippen MR) is 113 cm³/mol. The predicted octanol–water partition coefficient (Wildman–Crippen LogP) is 4.13. The molecule has 27 heavy (non-hydrogen) atoms. The van der Waals surface area contributed by atoms with Crippen LogP contribution in [0, 0.1) is 0 Å². The van der Waals surface area contributed by atoms with Crippen molar-refractivity contribution in [3.63, 3.8) is 0 Å². The summed E-state index contributed by atoms with van der Waals surface area (Å²) >= 11 is 1.79. The number of para-hydroxylation sites is 1. The fraction of sp³-hybridized carbons (Fsp3) is 0.409. The van der Waals surface area contributed by atoms with Gasteiger partial charge in [0.2, 0.25) is 0 Å². The zero-order valence-electron chi connectivity index (χ0n) is 15.5. The molecule has 3 heterocycles. The summed E-state index contributed by atoms with van der Waals surface area (Å²) in [5.74, 6) is 0. The van der Waals surface area contributed by atoms with E-state index < -0.39 is 0 Å². The Morgan fingerprint density at radius 1 is 1.07 bits per heavy atom. The second-order valence-corrected chi connectivity index (χ2v) is 8.54. The molecule has 3 aromatic rings. The van der Waals surface area contributed by atoms with E-state index in [4.69, 9.17) is 0 Å². The number of nitrogens with one attached hydrogen (secondary N) is 2. The normalized spacial score (nSPS) is 19.7. The van der Waals surface area contributed by atoms with E-state index in [1.165, 1.54) is 42.3 Å². The molecule has 0 atom stereocenters. The monoisotopic (exact) mass is 378 g/mol. The first-order chi connectivity index (χ1) is 13.3. The van der Waals surface area contributed by atoms with Gasteiger partial charge in [0.25, 0.3) is 0 Å². The molecule has 4 nitrogen and oxygen atoms in total. The number of benzene rings is 1. The van der Waals surface area contributed by atoms with Crippen LogP contribution in [-0.2, 0) is 6.54 Å². The smallest absolute Gasteiger partial charge is 0.0705 e. The number of anilines is 1. The minimum Gasteiger partial charge on any atom is -0.364 e. The highest BCUT2D eigenvalue weighted by Crippen LogP contribution is 2.35. The quantitative estimate of drug-likeness (QED) is 0.716. The van der Waals surface area contributed by atoms with Gasteiger partial charge >= 0.3 is 0 Å². The standard InChI is InChI=1S/C22H26N4S/c1-2-4-21-20(3-1)17(7-11-23-21)15-26(19-8-14-27-16-19)18-5-9-22(10-6-18)24-12-13-25-22/h1-4,7-8,11,14,16,18,24-25H,5-6,9-10,12-13,15H2. The third-order valence-corrected chi connectivity index (χ3v) is 6.89. The molecule has 5 rings (SSSR count). The van der Waals surface area contributed by atoms with E-state index >= 15 is 0 Å². The van der Waals surface area contributed by atoms with Crippen molar-refractivity contribution >= 4 is 27.9 Å². The molecule has 2 aliphatic rings. The van der Waals surface area contributed by atoms with Gasteiger partial charge in [-0.15, -0.1) is 0 Å². The van der Waals surface area contributed by atoms with Crippen LogP contribution >= 0.6 is 11.3 Å². The van der Waals surface area contributed by atoms with Crippen LogP contribution in [0.15, 0.2) is 53.4 Å². The van der Waals surface area contributed by atoms with Crippen LogP contribution in [-0.4, -0.2) is 29.8 Å². The molecular formula is C22H26N4S. The van der Waals surface area contributed by atoms with Crippen molar-refractivity contribution in [1.82, 2.24) is 15.6 Å². The molecule has 1 saturated heterocycles. The van der Waals surface area contributed by atoms with Crippen LogP contribution in [0.4, 0.5) is 5.69 Å². The summed E-state index contributed by atoms with van der Waals surface area (Å²) in [5, 5.41) is 13.2. The Bertz CT molecular complexity index is 886. The average Bonchev–Trinajstić information content (AvgIpc) is 3.40. The number of pyridine rings is 1. The van der Waals surface area contributed by atoms with Crippen LogP contribution < -0.4 is 15.5 Å². The molecule has 1 spiro atoms. The molecule has 1 aliphatic heterocycles. The van der Waals surface area contributed by atoms with Gasteiger partial charge < -0.3 is 4.90 Å². The summed E-state index contributed by atoms with van der Waals surface area (Å²) < 4.78 is 0. The third kappa shape index (κ3) is 3.35. The Balaban J connectivity index is 1.42. The maximum atomic E-state index is 4.54. The van der Waals surface area contributed by atoms with Gasteiger partial charge in [-0.3, -0.25) is 15.6 Å². The molecule has 0 unspecified atom stereocenters. The summed E-state index contributed by atoms with van der Waals surface area (Å²) in [6.45, 7) is 3.14. The maximum Gasteiger partial charge on any atom is 0.0705 e. The average molecular weight is 379 g/mol. The number of rotatable bonds is 4. The minimum absolute atomic E-state index is 0.195. The van der Waals surface area contributed by atoms with Gasteiger partial charge in [0.1, 0.15) is 0 Å². The number of hydrogen-bond acceptors (Lipinski definition) is 5. The van der Waals surface area contributed by atoms with Crippen LogP contribution in [0.1, 0.15) is 31.2 Å². The van der Waals surface area contributed by atoms with Crippen molar-refractivity contribution in [2.24, 2.45) is 0 Å². The van der Waals surface area contributed by atoms with Crippen molar-refractivity contribution < 1.29 is 0 Å². The van der Waals surface area contributed by atoms with E-state index in [0.717, 1.165) is 25.2 Å². The molecule has 2 fully saturated rings. The van der Waals surface area contributed by atoms with Gasteiger partial charge in [-0.05, 0) is 54.8 Å². The summed E-state index contributed by atoms with van der Waals surface area (Å²) in [4.78, 5) is 7.16. The van der Waals surface area contributed by atoms with E-state index in [0.29, 0.717) is 6.04 Å². The lowest BCUT2D eigenvalue weighted by molar-refractivity contribution is 0.213. The minimum atomic E-state index is 0.195. The van der Waals surface area contributed by atoms with Crippen molar-refractivity contribution in [3.05, 3.63) is 58.9 Å². The summed E-state index contributed by atoms with van der Waals surface area (Å²) in [6, 6.07) is 13.5. The third-order valence-electron chi connectivity index (χ3n) is 6.22. The molecule has 0 bridgehead atoms. The second kappa shape index (κ2) is 7.23. The highest BCUT2D eigenvalue weighted by atomic mass is 32.1. The molecule has 1 aliphatic carbocycles. The Kier molecular flexibility index (Phi) is 4.60. The number of hydrogen-bond donors (Lipinski definition) is 2. The lowest BCUT2D eigenvalue weighted by Gasteiger charge is -2.42. The van der Waals surface area contributed by atoms with Crippen LogP contribution in [0.3, 0.4) is 0 Å². The van der Waals surface area contributed by atoms with Crippen LogP contribution in [0.5, 0.6) is 0 Å². The molecule has 2 N–H and O–H groups in total. The SMILES string of the molecule is c1ccc2c(CN(c3ccsc3)C3CCC4(CC3)NCCN4)ccnc2c1. The first-order valence-electron chi connectivity index (χ1n) is 9.95. The van der Waals surface area contributed by atoms with Gasteiger partial charge in [-0.25, -0.2) is 0 Å². The Morgan fingerprint density at radius 3 is 2.67 bits per heavy atom. The molecule has 2 aromatic heterocycles. The highest BCUT2D eigenvalue weighted by Gasteiger charge is 2.38. The van der Waals surface area contributed by atoms with Crippen molar-refractivity contribution in [2.45, 2.75) is 43.9 Å². The van der Waals surface area contributed by atoms with Crippen LogP contribution in [0.25, 0.3) is 10.9 Å². The topological polar surface area (TPSA) is 40.2 Å². The van der Waals surface area contributed by atoms with E-state index in [2.05, 4.69) is 67.7 Å². The largest absolute Gasteiger partial charge is 0.364 e. The Labute approximate surface area is 164 Å². The van der Waals surface area contributed by atoms with Gasteiger partial charge in [-0.1, -0.05) is 18.2 Å². The number of fused-ring (bicyclic) bond motifs is 1. The van der Waals surface area contributed by atoms with Gasteiger partial charge in [0.15, 0.2) is 0 Å². The fourth-order valence-corrected chi connectivity index (χ4v) is 5.40. The molecular weight excluding hydrogens is 352 g/mol. The van der Waals surface area contributed by atoms with Crippen molar-refractivity contribution in [2.75, 3.05) is 18.0 Å². The zero-order valence-corrected chi connectivity index (χ0v) is 16.3. The van der Waals surface area contributed by atoms with Crippen molar-refractivity contribution in [1.29, 1.82) is 0 Å². The lowest BCUT2D eigenvalue weighted by atomic mass is 9.85. The molecule has 0 radical (unpaired) electrons. The lowest BCUT2D eigenvalue weighted by Crippen LogP contribution is -2.54. The molecule has 1 aromatic carbocycles. The van der Waals surface area contributed by atoms with E-state index in [-0.39, 0.29) is 5.66 Å². The molecule has 5 heteroatoms. The second-order valence-electron chi connectivity index (χ2n) is 7.76. The first-order valence-corrected chi connectivity index (χ1v) is 10.9. The van der Waals surface area contributed by atoms with Crippen LogP contribution in [0.2, 0.25) is 0 Å². The summed E-state index contributed by atoms with van der Waals surface area (Å²) in [6.07, 6.45) is 6.80. The van der Waals surface area contributed by atoms with Crippen molar-refractivity contribution in [3.8, 4) is 0 Å².